The molecule has 0 spiro atoms. The third kappa shape index (κ3) is 13.6. The first-order valence-corrected chi connectivity index (χ1v) is 14.4. The summed E-state index contributed by atoms with van der Waals surface area (Å²) in [6.07, 6.45) is 8.86. The minimum Gasteiger partial charge on any atom is -0.478 e. The summed E-state index contributed by atoms with van der Waals surface area (Å²) in [6.45, 7) is 11.0. The van der Waals surface area contributed by atoms with E-state index < -0.39 is 36.7 Å². The summed E-state index contributed by atoms with van der Waals surface area (Å²) >= 11 is 0. The molecule has 8 atom stereocenters. The largest absolute Gasteiger partial charge is 0.478 e. The van der Waals surface area contributed by atoms with Crippen molar-refractivity contribution >= 4 is 5.97 Å². The highest BCUT2D eigenvalue weighted by molar-refractivity contribution is 5.87. The van der Waals surface area contributed by atoms with Gasteiger partial charge in [0.2, 0.25) is 0 Å². The predicted molar refractivity (Wildman–Crippen MR) is 159 cm³/mol. The Labute approximate surface area is 245 Å². The van der Waals surface area contributed by atoms with Gasteiger partial charge in [0.05, 0.1) is 42.7 Å². The van der Waals surface area contributed by atoms with E-state index in [9.17, 15) is 30.3 Å². The SMILES string of the molecule is CCC(/C=C(\C)C(O)C/C=C/C=C(\COC1OC(C)CC(O)C1OC)C(=O)O)[C@@H](O)/C(C)=C/C(C)=C/CCC(C)O. The normalized spacial score (nSPS) is 26.2. The molecule has 0 bridgehead atoms. The number of hydrogen-bond acceptors (Lipinski definition) is 8. The van der Waals surface area contributed by atoms with E-state index in [1.54, 1.807) is 26.0 Å². The van der Waals surface area contributed by atoms with Crippen LogP contribution in [0.5, 0.6) is 0 Å². The van der Waals surface area contributed by atoms with Gasteiger partial charge in [0.1, 0.15) is 6.10 Å². The summed E-state index contributed by atoms with van der Waals surface area (Å²) < 4.78 is 16.6. The molecule has 0 aromatic carbocycles. The molecule has 1 heterocycles. The van der Waals surface area contributed by atoms with E-state index in [0.29, 0.717) is 19.3 Å². The molecular weight excluding hydrogens is 528 g/mol. The Morgan fingerprint density at radius 2 is 1.83 bits per heavy atom. The summed E-state index contributed by atoms with van der Waals surface area (Å²) in [4.78, 5) is 11.7. The molecular formula is C32H52O9. The number of allylic oxidation sites excluding steroid dienone is 5. The van der Waals surface area contributed by atoms with Crippen molar-refractivity contribution in [1.82, 2.24) is 0 Å². The van der Waals surface area contributed by atoms with Crippen molar-refractivity contribution in [1.29, 1.82) is 0 Å². The molecule has 9 heteroatoms. The highest BCUT2D eigenvalue weighted by atomic mass is 16.7. The molecule has 0 amide bonds. The summed E-state index contributed by atoms with van der Waals surface area (Å²) in [7, 11) is 1.44. The zero-order chi connectivity index (χ0) is 31.1. The van der Waals surface area contributed by atoms with Crippen molar-refractivity contribution in [2.45, 2.75) is 117 Å². The molecule has 1 fully saturated rings. The quantitative estimate of drug-likeness (QED) is 0.0970. The monoisotopic (exact) mass is 580 g/mol. The van der Waals surface area contributed by atoms with E-state index in [1.165, 1.54) is 13.2 Å². The molecule has 1 aliphatic heterocycles. The van der Waals surface area contributed by atoms with Gasteiger partial charge in [-0.1, -0.05) is 42.9 Å². The molecule has 7 unspecified atom stereocenters. The molecule has 0 aliphatic carbocycles. The average Bonchev–Trinajstić information content (AvgIpc) is 2.89. The van der Waals surface area contributed by atoms with E-state index in [-0.39, 0.29) is 36.7 Å². The smallest absolute Gasteiger partial charge is 0.333 e. The van der Waals surface area contributed by atoms with Crippen molar-refractivity contribution in [3.05, 3.63) is 58.7 Å². The van der Waals surface area contributed by atoms with Crippen LogP contribution in [0.15, 0.2) is 58.7 Å². The number of carbonyl (C=O) groups is 1. The molecule has 0 saturated carbocycles. The van der Waals surface area contributed by atoms with Crippen molar-refractivity contribution < 1.29 is 44.5 Å². The Hall–Kier alpha value is -2.11. The van der Waals surface area contributed by atoms with Crippen LogP contribution >= 0.6 is 0 Å². The van der Waals surface area contributed by atoms with Crippen LogP contribution in [0.4, 0.5) is 0 Å². The second kappa shape index (κ2) is 19.2. The van der Waals surface area contributed by atoms with Gasteiger partial charge in [-0.25, -0.2) is 4.79 Å². The lowest BCUT2D eigenvalue weighted by Crippen LogP contribution is -2.50. The van der Waals surface area contributed by atoms with Gasteiger partial charge < -0.3 is 39.7 Å². The second-order valence-corrected chi connectivity index (χ2v) is 11.0. The minimum atomic E-state index is -1.15. The second-order valence-electron chi connectivity index (χ2n) is 11.0. The molecule has 0 aromatic heterocycles. The van der Waals surface area contributed by atoms with Crippen molar-refractivity contribution in [2.75, 3.05) is 13.7 Å². The molecule has 41 heavy (non-hydrogen) atoms. The molecule has 0 radical (unpaired) electrons. The fraction of sp³-hybridized carbons (Fsp3) is 0.656. The van der Waals surface area contributed by atoms with Gasteiger partial charge in [0, 0.05) is 19.4 Å². The Kier molecular flexibility index (Phi) is 17.2. The number of carboxylic acid groups (broad SMARTS) is 1. The topological polar surface area (TPSA) is 146 Å². The van der Waals surface area contributed by atoms with E-state index in [2.05, 4.69) is 0 Å². The van der Waals surface area contributed by atoms with Gasteiger partial charge in [-0.05, 0) is 77.5 Å². The first kappa shape index (κ1) is 36.9. The van der Waals surface area contributed by atoms with Gasteiger partial charge in [-0.2, -0.15) is 0 Å². The Morgan fingerprint density at radius 3 is 2.41 bits per heavy atom. The van der Waals surface area contributed by atoms with Crippen LogP contribution in [-0.2, 0) is 19.0 Å². The van der Waals surface area contributed by atoms with Gasteiger partial charge in [-0.3, -0.25) is 0 Å². The van der Waals surface area contributed by atoms with Crippen molar-refractivity contribution in [2.24, 2.45) is 5.92 Å². The number of rotatable bonds is 17. The van der Waals surface area contributed by atoms with E-state index >= 15 is 0 Å². The van der Waals surface area contributed by atoms with Crippen LogP contribution in [0.3, 0.4) is 0 Å². The van der Waals surface area contributed by atoms with Crippen LogP contribution in [0, 0.1) is 5.92 Å². The Morgan fingerprint density at radius 1 is 1.15 bits per heavy atom. The summed E-state index contributed by atoms with van der Waals surface area (Å²) in [5, 5.41) is 50.7. The molecule has 234 valence electrons. The maximum absolute atomic E-state index is 11.7. The van der Waals surface area contributed by atoms with Crippen LogP contribution in [0.2, 0.25) is 0 Å². The third-order valence-corrected chi connectivity index (χ3v) is 7.18. The number of methoxy groups -OCH3 is 1. The van der Waals surface area contributed by atoms with Crippen LogP contribution in [-0.4, -0.2) is 88.1 Å². The van der Waals surface area contributed by atoms with Gasteiger partial charge in [0.25, 0.3) is 0 Å². The predicted octanol–water partition coefficient (Wildman–Crippen LogP) is 4.22. The summed E-state index contributed by atoms with van der Waals surface area (Å²) in [6, 6.07) is 0. The van der Waals surface area contributed by atoms with Crippen molar-refractivity contribution in [3.8, 4) is 0 Å². The lowest BCUT2D eigenvalue weighted by molar-refractivity contribution is -0.266. The summed E-state index contributed by atoms with van der Waals surface area (Å²) in [5.74, 6) is -1.33. The first-order valence-electron chi connectivity index (χ1n) is 14.4. The molecule has 1 rings (SSSR count). The standard InChI is InChI=1S/C32H52O9/c1-8-25(29(36)22(4)16-20(2)12-11-13-23(5)33)17-21(3)27(34)15-10-9-14-26(31(37)38)19-40-32-30(39-7)28(35)18-24(6)41-32/h9-10,12,14,16-17,23-25,27-30,32-36H,8,11,13,15,18-19H2,1-7H3,(H,37,38)/b10-9+,20-12+,21-17+,22-16+,26-14+/t23?,24?,25?,27?,28?,29-,30?,32?/m0/s1. The highest BCUT2D eigenvalue weighted by Gasteiger charge is 2.37. The zero-order valence-electron chi connectivity index (χ0n) is 25.7. The van der Waals surface area contributed by atoms with E-state index in [0.717, 1.165) is 23.1 Å². The lowest BCUT2D eigenvalue weighted by atomic mass is 9.90. The zero-order valence-corrected chi connectivity index (χ0v) is 25.7. The summed E-state index contributed by atoms with van der Waals surface area (Å²) in [5.41, 5.74) is 2.56. The van der Waals surface area contributed by atoms with Gasteiger partial charge in [0.15, 0.2) is 6.29 Å². The van der Waals surface area contributed by atoms with Gasteiger partial charge >= 0.3 is 5.97 Å². The lowest BCUT2D eigenvalue weighted by Gasteiger charge is -2.37. The minimum absolute atomic E-state index is 0.0131. The fourth-order valence-electron chi connectivity index (χ4n) is 4.62. The first-order chi connectivity index (χ1) is 19.3. The highest BCUT2D eigenvalue weighted by Crippen LogP contribution is 2.24. The maximum Gasteiger partial charge on any atom is 0.333 e. The van der Waals surface area contributed by atoms with Crippen LogP contribution in [0.25, 0.3) is 0 Å². The van der Waals surface area contributed by atoms with Crippen molar-refractivity contribution in [3.63, 3.8) is 0 Å². The average molecular weight is 581 g/mol. The number of aliphatic carboxylic acids is 1. The Bertz CT molecular complexity index is 947. The number of hydrogen-bond donors (Lipinski definition) is 5. The van der Waals surface area contributed by atoms with E-state index in [1.807, 2.05) is 45.9 Å². The molecule has 1 saturated heterocycles. The number of carboxylic acids is 1. The molecule has 5 N–H and O–H groups in total. The number of aliphatic hydroxyl groups is 4. The molecule has 0 aromatic rings. The fourth-order valence-corrected chi connectivity index (χ4v) is 4.62. The van der Waals surface area contributed by atoms with Gasteiger partial charge in [-0.15, -0.1) is 0 Å². The van der Waals surface area contributed by atoms with Crippen LogP contribution < -0.4 is 0 Å². The molecule has 1 aliphatic rings. The number of ether oxygens (including phenoxy) is 3. The molecule has 9 nitrogen and oxygen atoms in total. The third-order valence-electron chi connectivity index (χ3n) is 7.18. The van der Waals surface area contributed by atoms with Crippen LogP contribution in [0.1, 0.15) is 73.6 Å². The number of aliphatic hydroxyl groups excluding tert-OH is 4. The Balaban J connectivity index is 2.78. The maximum atomic E-state index is 11.7. The van der Waals surface area contributed by atoms with E-state index in [4.69, 9.17) is 14.2 Å².